The third-order valence-corrected chi connectivity index (χ3v) is 5.50. The highest BCUT2D eigenvalue weighted by molar-refractivity contribution is 5.63. The molecule has 0 spiro atoms. The summed E-state index contributed by atoms with van der Waals surface area (Å²) >= 11 is 0. The van der Waals surface area contributed by atoms with Crippen LogP contribution < -0.4 is 15.4 Å². The number of pyridine rings is 1. The molecule has 0 aliphatic carbocycles. The number of halogens is 5. The second kappa shape index (κ2) is 8.37. The predicted molar refractivity (Wildman–Crippen MR) is 108 cm³/mol. The molecule has 33 heavy (non-hydrogen) atoms. The zero-order valence-electron chi connectivity index (χ0n) is 17.7. The van der Waals surface area contributed by atoms with Crippen molar-refractivity contribution >= 4 is 11.5 Å². The molecule has 1 aliphatic heterocycles. The van der Waals surface area contributed by atoms with E-state index in [1.165, 1.54) is 0 Å². The van der Waals surface area contributed by atoms with Crippen LogP contribution in [-0.2, 0) is 5.60 Å². The normalized spacial score (nSPS) is 18.8. The third-order valence-electron chi connectivity index (χ3n) is 5.50. The number of hydrogen-bond donors (Lipinski definition) is 3. The van der Waals surface area contributed by atoms with E-state index >= 15 is 0 Å². The van der Waals surface area contributed by atoms with E-state index < -0.39 is 29.1 Å². The monoisotopic (exact) mass is 472 g/mol. The van der Waals surface area contributed by atoms with Crippen LogP contribution in [0.2, 0.25) is 0 Å². The van der Waals surface area contributed by atoms with Gasteiger partial charge in [0, 0.05) is 24.7 Å². The topological polar surface area (TPSA) is 96.6 Å². The van der Waals surface area contributed by atoms with Crippen LogP contribution in [0.4, 0.5) is 27.8 Å². The van der Waals surface area contributed by atoms with Crippen LogP contribution in [0.5, 0.6) is 5.75 Å². The molecular weight excluding hydrogens is 451 g/mol. The van der Waals surface area contributed by atoms with Gasteiger partial charge in [-0.05, 0) is 26.3 Å². The lowest BCUT2D eigenvalue weighted by Crippen LogP contribution is -2.40. The number of methoxy groups -OCH3 is 1. The van der Waals surface area contributed by atoms with Gasteiger partial charge in [-0.15, -0.1) is 0 Å². The minimum absolute atomic E-state index is 0.0140. The first kappa shape index (κ1) is 23.1. The Labute approximate surface area is 184 Å². The Bertz CT molecular complexity index is 1170. The Morgan fingerprint density at radius 1 is 1.24 bits per heavy atom. The molecule has 2 atom stereocenters. The van der Waals surface area contributed by atoms with Crippen molar-refractivity contribution in [2.45, 2.75) is 37.6 Å². The largest absolute Gasteiger partial charge is 0.495 e. The lowest BCUT2D eigenvalue weighted by atomic mass is 10.0. The Kier molecular flexibility index (Phi) is 5.86. The molecule has 178 valence electrons. The van der Waals surface area contributed by atoms with Gasteiger partial charge in [-0.1, -0.05) is 0 Å². The summed E-state index contributed by atoms with van der Waals surface area (Å²) < 4.78 is 75.4. The average Bonchev–Trinajstić information content (AvgIpc) is 3.17. The van der Waals surface area contributed by atoms with Crippen molar-refractivity contribution in [1.29, 1.82) is 0 Å². The molecule has 4 heterocycles. The molecule has 0 saturated carbocycles. The second-order valence-corrected chi connectivity index (χ2v) is 7.88. The van der Waals surface area contributed by atoms with Crippen molar-refractivity contribution in [2.75, 3.05) is 25.5 Å². The molecule has 3 N–H and O–H groups in total. The number of fused-ring (bicyclic) bond motifs is 1. The van der Waals surface area contributed by atoms with Gasteiger partial charge < -0.3 is 20.5 Å². The van der Waals surface area contributed by atoms with E-state index in [0.717, 1.165) is 43.3 Å². The number of hydrogen-bond acceptors (Lipinski definition) is 7. The van der Waals surface area contributed by atoms with E-state index in [4.69, 9.17) is 4.74 Å². The number of nitrogens with one attached hydrogen (secondary N) is 2. The summed E-state index contributed by atoms with van der Waals surface area (Å²) in [5.41, 5.74) is -4.71. The summed E-state index contributed by atoms with van der Waals surface area (Å²) in [5, 5.41) is 20.1. The molecular formula is C20H21F5N6O2. The fourth-order valence-corrected chi connectivity index (χ4v) is 3.60. The average molecular weight is 472 g/mol. The second-order valence-electron chi connectivity index (χ2n) is 7.88. The quantitative estimate of drug-likeness (QED) is 0.492. The van der Waals surface area contributed by atoms with Crippen molar-refractivity contribution in [3.8, 4) is 17.1 Å². The number of alkyl halides is 3. The Morgan fingerprint density at radius 2 is 2.00 bits per heavy atom. The summed E-state index contributed by atoms with van der Waals surface area (Å²) in [7, 11) is 1.12. The molecule has 0 bridgehead atoms. The summed E-state index contributed by atoms with van der Waals surface area (Å²) in [6, 6.07) is 1.63. The molecule has 0 radical (unpaired) electrons. The van der Waals surface area contributed by atoms with E-state index in [-0.39, 0.29) is 34.6 Å². The van der Waals surface area contributed by atoms with Crippen molar-refractivity contribution in [1.82, 2.24) is 24.9 Å². The summed E-state index contributed by atoms with van der Waals surface area (Å²) in [6.45, 7) is 1.93. The van der Waals surface area contributed by atoms with Gasteiger partial charge in [-0.25, -0.2) is 23.3 Å². The van der Waals surface area contributed by atoms with Crippen LogP contribution in [0.3, 0.4) is 0 Å². The van der Waals surface area contributed by atoms with Crippen LogP contribution in [0.25, 0.3) is 17.0 Å². The standard InChI is InChI=1S/C20H21F5N6O2/c1-19(32,20(23,24)25)17-14(33-2)7-15-27-9-13(31(15)30-17)16-11(21)6-12(22)18(29-16)28-10-4-3-5-26-8-10/h6-7,9-10,26,32H,3-5,8H2,1-2H3,(H,28,29)/t10-,19+/m1/s1. The van der Waals surface area contributed by atoms with E-state index in [1.807, 2.05) is 0 Å². The fraction of sp³-hybridized carbons (Fsp3) is 0.450. The molecule has 0 amide bonds. The highest BCUT2D eigenvalue weighted by Gasteiger charge is 2.54. The highest BCUT2D eigenvalue weighted by Crippen LogP contribution is 2.41. The lowest BCUT2D eigenvalue weighted by molar-refractivity contribution is -0.261. The van der Waals surface area contributed by atoms with Crippen molar-refractivity contribution < 1.29 is 31.8 Å². The number of anilines is 1. The van der Waals surface area contributed by atoms with Gasteiger partial charge in [0.2, 0.25) is 5.60 Å². The summed E-state index contributed by atoms with van der Waals surface area (Å²) in [6.07, 6.45) is -2.31. The van der Waals surface area contributed by atoms with Gasteiger partial charge in [-0.3, -0.25) is 0 Å². The Morgan fingerprint density at radius 3 is 2.64 bits per heavy atom. The molecule has 4 rings (SSSR count). The maximum Gasteiger partial charge on any atom is 0.422 e. The first-order chi connectivity index (χ1) is 15.5. The molecule has 1 aliphatic rings. The number of rotatable bonds is 5. The molecule has 8 nitrogen and oxygen atoms in total. The Hall–Kier alpha value is -3.06. The summed E-state index contributed by atoms with van der Waals surface area (Å²) in [5.74, 6) is -2.53. The minimum atomic E-state index is -5.08. The van der Waals surface area contributed by atoms with Gasteiger partial charge >= 0.3 is 6.18 Å². The van der Waals surface area contributed by atoms with Gasteiger partial charge in [0.05, 0.1) is 13.3 Å². The van der Waals surface area contributed by atoms with Crippen LogP contribution >= 0.6 is 0 Å². The van der Waals surface area contributed by atoms with Crippen LogP contribution in [-0.4, -0.2) is 57.1 Å². The molecule has 13 heteroatoms. The van der Waals surface area contributed by atoms with Gasteiger partial charge in [0.25, 0.3) is 0 Å². The van der Waals surface area contributed by atoms with Crippen molar-refractivity contribution in [3.05, 3.63) is 35.7 Å². The minimum Gasteiger partial charge on any atom is -0.495 e. The smallest absolute Gasteiger partial charge is 0.422 e. The highest BCUT2D eigenvalue weighted by atomic mass is 19.4. The molecule has 3 aromatic rings. The maximum absolute atomic E-state index is 14.7. The number of ether oxygens (including phenoxy) is 1. The molecule has 0 aromatic carbocycles. The van der Waals surface area contributed by atoms with Gasteiger partial charge in [-0.2, -0.15) is 18.3 Å². The molecule has 1 fully saturated rings. The molecule has 0 unspecified atom stereocenters. The number of aliphatic hydroxyl groups is 1. The number of aromatic nitrogens is 4. The molecule has 3 aromatic heterocycles. The lowest BCUT2D eigenvalue weighted by Gasteiger charge is -2.27. The first-order valence-electron chi connectivity index (χ1n) is 10.1. The van der Waals surface area contributed by atoms with E-state index in [9.17, 15) is 27.1 Å². The number of imidazole rings is 1. The number of nitrogens with zero attached hydrogens (tertiary/aromatic N) is 4. The Balaban J connectivity index is 1.83. The van der Waals surface area contributed by atoms with Crippen molar-refractivity contribution in [3.63, 3.8) is 0 Å². The zero-order chi connectivity index (χ0) is 24.0. The summed E-state index contributed by atoms with van der Waals surface area (Å²) in [4.78, 5) is 8.06. The van der Waals surface area contributed by atoms with Crippen LogP contribution in [0, 0.1) is 11.6 Å². The van der Waals surface area contributed by atoms with Gasteiger partial charge in [0.1, 0.15) is 22.8 Å². The fourth-order valence-electron chi connectivity index (χ4n) is 3.60. The first-order valence-corrected chi connectivity index (χ1v) is 10.1. The SMILES string of the molecule is COc1cc2ncc(-c3nc(N[C@@H]4CCCNC4)c(F)cc3F)n2nc1[C@](C)(O)C(F)(F)F. The maximum atomic E-state index is 14.7. The zero-order valence-corrected chi connectivity index (χ0v) is 17.7. The van der Waals surface area contributed by atoms with Crippen LogP contribution in [0.1, 0.15) is 25.5 Å². The van der Waals surface area contributed by atoms with E-state index in [0.29, 0.717) is 19.5 Å². The van der Waals surface area contributed by atoms with Crippen LogP contribution in [0.15, 0.2) is 18.3 Å². The molecule has 1 saturated heterocycles. The predicted octanol–water partition coefficient (Wildman–Crippen LogP) is 3.01. The number of piperidine rings is 1. The van der Waals surface area contributed by atoms with E-state index in [2.05, 4.69) is 25.7 Å². The van der Waals surface area contributed by atoms with Crippen molar-refractivity contribution in [2.24, 2.45) is 0 Å². The van der Waals surface area contributed by atoms with E-state index in [1.54, 1.807) is 0 Å². The van der Waals surface area contributed by atoms with Gasteiger partial charge in [0.15, 0.2) is 23.1 Å². The third kappa shape index (κ3) is 4.17.